The second kappa shape index (κ2) is 5.78. The number of nitrogens with two attached hydrogens (primary N) is 1. The Bertz CT molecular complexity index is 405. The molecule has 17 heavy (non-hydrogen) atoms. The van der Waals surface area contributed by atoms with E-state index in [4.69, 9.17) is 5.73 Å². The number of nitrogens with zero attached hydrogens (tertiary/aromatic N) is 2. The quantitative estimate of drug-likeness (QED) is 0.696. The number of rotatable bonds is 5. The van der Waals surface area contributed by atoms with Crippen LogP contribution in [0.4, 0.5) is 5.82 Å². The summed E-state index contributed by atoms with van der Waals surface area (Å²) in [5, 5.41) is 10.4. The minimum absolute atomic E-state index is 0.126. The van der Waals surface area contributed by atoms with Gasteiger partial charge in [-0.1, -0.05) is 0 Å². The molecule has 1 aromatic heterocycles. The van der Waals surface area contributed by atoms with E-state index < -0.39 is 11.9 Å². The number of ether oxygens (including phenoxy) is 1. The van der Waals surface area contributed by atoms with Crippen molar-refractivity contribution in [2.45, 2.75) is 19.4 Å². The summed E-state index contributed by atoms with van der Waals surface area (Å²) >= 11 is 0. The topological polar surface area (TPSA) is 107 Å². The van der Waals surface area contributed by atoms with Crippen LogP contribution in [0.15, 0.2) is 12.1 Å². The van der Waals surface area contributed by atoms with Crippen LogP contribution in [0.25, 0.3) is 0 Å². The number of carbonyl (C=O) groups is 2. The predicted octanol–water partition coefficient (Wildman–Crippen LogP) is -0.0610. The van der Waals surface area contributed by atoms with Crippen molar-refractivity contribution in [3.05, 3.63) is 17.8 Å². The molecule has 1 aromatic rings. The summed E-state index contributed by atoms with van der Waals surface area (Å²) in [6.07, 6.45) is 0.195. The maximum atomic E-state index is 11.1. The minimum atomic E-state index is -0.547. The SMILES string of the molecule is COC(=O)c1ccc(NC(C)CC(N)=O)nn1. The first-order valence-electron chi connectivity index (χ1n) is 5.00. The van der Waals surface area contributed by atoms with E-state index in [0.717, 1.165) is 0 Å². The maximum absolute atomic E-state index is 11.1. The Hall–Kier alpha value is -2.18. The number of hydrogen-bond donors (Lipinski definition) is 2. The fourth-order valence-electron chi connectivity index (χ4n) is 1.23. The first kappa shape index (κ1) is 12.9. The first-order chi connectivity index (χ1) is 8.02. The maximum Gasteiger partial charge on any atom is 0.358 e. The molecule has 0 fully saturated rings. The van der Waals surface area contributed by atoms with Crippen LogP contribution in [0, 0.1) is 0 Å². The molecule has 1 rings (SSSR count). The molecule has 0 saturated carbocycles. The third-order valence-corrected chi connectivity index (χ3v) is 1.96. The molecule has 0 spiro atoms. The number of methoxy groups -OCH3 is 1. The van der Waals surface area contributed by atoms with E-state index in [1.54, 1.807) is 13.0 Å². The molecule has 92 valence electrons. The molecule has 0 aliphatic heterocycles. The van der Waals surface area contributed by atoms with Crippen LogP contribution in [-0.4, -0.2) is 35.2 Å². The summed E-state index contributed by atoms with van der Waals surface area (Å²) in [4.78, 5) is 21.8. The number of aromatic nitrogens is 2. The number of nitrogens with one attached hydrogen (secondary N) is 1. The van der Waals surface area contributed by atoms with Crippen molar-refractivity contribution in [2.75, 3.05) is 12.4 Å². The minimum Gasteiger partial charge on any atom is -0.464 e. The molecule has 0 aliphatic rings. The third-order valence-electron chi connectivity index (χ3n) is 1.96. The van der Waals surface area contributed by atoms with E-state index in [1.165, 1.54) is 13.2 Å². The Labute approximate surface area is 98.4 Å². The van der Waals surface area contributed by atoms with E-state index >= 15 is 0 Å². The van der Waals surface area contributed by atoms with Gasteiger partial charge in [0.2, 0.25) is 5.91 Å². The van der Waals surface area contributed by atoms with E-state index in [9.17, 15) is 9.59 Å². The summed E-state index contributed by atoms with van der Waals surface area (Å²) < 4.78 is 4.49. The van der Waals surface area contributed by atoms with E-state index in [1.807, 2.05) is 0 Å². The van der Waals surface area contributed by atoms with Crippen LogP contribution in [-0.2, 0) is 9.53 Å². The van der Waals surface area contributed by atoms with Crippen molar-refractivity contribution >= 4 is 17.7 Å². The van der Waals surface area contributed by atoms with E-state index in [0.29, 0.717) is 5.82 Å². The van der Waals surface area contributed by atoms with Gasteiger partial charge in [0.1, 0.15) is 5.82 Å². The molecular weight excluding hydrogens is 224 g/mol. The van der Waals surface area contributed by atoms with Gasteiger partial charge in [0.05, 0.1) is 7.11 Å². The van der Waals surface area contributed by atoms with Crippen LogP contribution in [0.3, 0.4) is 0 Å². The van der Waals surface area contributed by atoms with Gasteiger partial charge in [0, 0.05) is 12.5 Å². The van der Waals surface area contributed by atoms with Crippen molar-refractivity contribution in [1.29, 1.82) is 0 Å². The zero-order chi connectivity index (χ0) is 12.8. The van der Waals surface area contributed by atoms with Gasteiger partial charge < -0.3 is 15.8 Å². The van der Waals surface area contributed by atoms with Crippen molar-refractivity contribution in [1.82, 2.24) is 10.2 Å². The highest BCUT2D eigenvalue weighted by Crippen LogP contribution is 2.06. The molecule has 0 bridgehead atoms. The second-order valence-electron chi connectivity index (χ2n) is 3.51. The number of hydrogen-bond acceptors (Lipinski definition) is 6. The summed E-state index contributed by atoms with van der Waals surface area (Å²) in [5.41, 5.74) is 5.18. The molecule has 1 heterocycles. The van der Waals surface area contributed by atoms with Crippen LogP contribution >= 0.6 is 0 Å². The first-order valence-corrected chi connectivity index (χ1v) is 5.00. The lowest BCUT2D eigenvalue weighted by Gasteiger charge is -2.11. The Kier molecular flexibility index (Phi) is 4.38. The lowest BCUT2D eigenvalue weighted by atomic mass is 10.2. The van der Waals surface area contributed by atoms with E-state index in [-0.39, 0.29) is 18.2 Å². The van der Waals surface area contributed by atoms with Gasteiger partial charge in [-0.2, -0.15) is 0 Å². The summed E-state index contributed by atoms with van der Waals surface area (Å²) in [5.74, 6) is -0.482. The highest BCUT2D eigenvalue weighted by molar-refractivity contribution is 5.86. The van der Waals surface area contributed by atoms with Crippen molar-refractivity contribution in [2.24, 2.45) is 5.73 Å². The fraction of sp³-hybridized carbons (Fsp3) is 0.400. The summed E-state index contributed by atoms with van der Waals surface area (Å²) in [6.45, 7) is 1.79. The van der Waals surface area contributed by atoms with Crippen molar-refractivity contribution in [3.8, 4) is 0 Å². The molecule has 0 aliphatic carbocycles. The average Bonchev–Trinajstić information content (AvgIpc) is 2.28. The van der Waals surface area contributed by atoms with Gasteiger partial charge in [-0.15, -0.1) is 10.2 Å². The second-order valence-corrected chi connectivity index (χ2v) is 3.51. The zero-order valence-corrected chi connectivity index (χ0v) is 9.64. The summed E-state index contributed by atoms with van der Waals surface area (Å²) in [6, 6.07) is 2.92. The van der Waals surface area contributed by atoms with E-state index in [2.05, 4.69) is 20.3 Å². The predicted molar refractivity (Wildman–Crippen MR) is 60.3 cm³/mol. The number of anilines is 1. The molecular formula is C10H14N4O3. The largest absolute Gasteiger partial charge is 0.464 e. The highest BCUT2D eigenvalue weighted by atomic mass is 16.5. The monoisotopic (exact) mass is 238 g/mol. The van der Waals surface area contributed by atoms with Gasteiger partial charge in [0.15, 0.2) is 5.69 Å². The average molecular weight is 238 g/mol. The smallest absolute Gasteiger partial charge is 0.358 e. The molecule has 3 N–H and O–H groups in total. The molecule has 7 heteroatoms. The van der Waals surface area contributed by atoms with Gasteiger partial charge >= 0.3 is 5.97 Å². The highest BCUT2D eigenvalue weighted by Gasteiger charge is 2.09. The fourth-order valence-corrected chi connectivity index (χ4v) is 1.23. The molecule has 0 aromatic carbocycles. The van der Waals surface area contributed by atoms with Crippen LogP contribution in [0.1, 0.15) is 23.8 Å². The van der Waals surface area contributed by atoms with Crippen molar-refractivity contribution in [3.63, 3.8) is 0 Å². The Morgan fingerprint density at radius 3 is 2.65 bits per heavy atom. The third kappa shape index (κ3) is 4.06. The number of carbonyl (C=O) groups excluding carboxylic acids is 2. The van der Waals surface area contributed by atoms with Crippen LogP contribution in [0.5, 0.6) is 0 Å². The molecule has 1 unspecified atom stereocenters. The number of primary amides is 1. The van der Waals surface area contributed by atoms with Crippen LogP contribution < -0.4 is 11.1 Å². The number of amides is 1. The van der Waals surface area contributed by atoms with Crippen molar-refractivity contribution < 1.29 is 14.3 Å². The lowest BCUT2D eigenvalue weighted by molar-refractivity contribution is -0.118. The molecule has 1 amide bonds. The van der Waals surface area contributed by atoms with Crippen LogP contribution in [0.2, 0.25) is 0 Å². The van der Waals surface area contributed by atoms with Gasteiger partial charge in [0.25, 0.3) is 0 Å². The van der Waals surface area contributed by atoms with Gasteiger partial charge in [-0.3, -0.25) is 4.79 Å². The Balaban J connectivity index is 2.62. The molecule has 7 nitrogen and oxygen atoms in total. The number of esters is 1. The van der Waals surface area contributed by atoms with Gasteiger partial charge in [-0.05, 0) is 19.1 Å². The van der Waals surface area contributed by atoms with Gasteiger partial charge in [-0.25, -0.2) is 4.79 Å². The standard InChI is InChI=1S/C10H14N4O3/c1-6(5-8(11)15)12-9-4-3-7(13-14-9)10(16)17-2/h3-4,6H,5H2,1-2H3,(H2,11,15)(H,12,14). The molecule has 0 saturated heterocycles. The molecule has 0 radical (unpaired) electrons. The molecule has 1 atom stereocenters. The normalized spacial score (nSPS) is 11.6. The summed E-state index contributed by atoms with van der Waals surface area (Å²) in [7, 11) is 1.27. The Morgan fingerprint density at radius 1 is 1.47 bits per heavy atom. The Morgan fingerprint density at radius 2 is 2.18 bits per heavy atom. The zero-order valence-electron chi connectivity index (χ0n) is 9.64. The lowest BCUT2D eigenvalue weighted by Crippen LogP contribution is -2.24.